The van der Waals surface area contributed by atoms with Crippen LogP contribution >= 0.6 is 23.5 Å². The number of benzene rings is 2. The van der Waals surface area contributed by atoms with Crippen molar-refractivity contribution in [2.75, 3.05) is 29.0 Å². The molecule has 31 heavy (non-hydrogen) atoms. The average Bonchev–Trinajstić information content (AvgIpc) is 3.32. The number of carbonyl (C=O) groups excluding carboxylic acids is 2. The van der Waals surface area contributed by atoms with Crippen molar-refractivity contribution in [2.24, 2.45) is 0 Å². The van der Waals surface area contributed by atoms with E-state index >= 15 is 0 Å². The molecule has 164 valence electrons. The highest BCUT2D eigenvalue weighted by Crippen LogP contribution is 2.28. The van der Waals surface area contributed by atoms with E-state index in [4.69, 9.17) is 0 Å². The van der Waals surface area contributed by atoms with Crippen molar-refractivity contribution in [1.82, 2.24) is 10.6 Å². The van der Waals surface area contributed by atoms with Gasteiger partial charge in [-0.25, -0.2) is 4.79 Å². The van der Waals surface area contributed by atoms with Crippen molar-refractivity contribution in [3.05, 3.63) is 54.1 Å². The minimum absolute atomic E-state index is 0.121. The number of thioether (sulfide) groups is 2. The molecule has 2 aromatic carbocycles. The predicted octanol–water partition coefficient (Wildman–Crippen LogP) is 2.89. The summed E-state index contributed by atoms with van der Waals surface area (Å²) >= 11 is 3.19. The summed E-state index contributed by atoms with van der Waals surface area (Å²) in [4.78, 5) is 37.0. The summed E-state index contributed by atoms with van der Waals surface area (Å²) in [7, 11) is 0. The van der Waals surface area contributed by atoms with Gasteiger partial charge in [-0.15, -0.1) is 11.8 Å². The maximum atomic E-state index is 13.0. The number of hydrogen-bond donors (Lipinski definition) is 4. The minimum Gasteiger partial charge on any atom is -0.480 e. The third-order valence-corrected chi connectivity index (χ3v) is 6.45. The van der Waals surface area contributed by atoms with E-state index in [9.17, 15) is 19.5 Å². The first-order chi connectivity index (χ1) is 15.0. The van der Waals surface area contributed by atoms with Gasteiger partial charge in [0.25, 0.3) is 5.91 Å². The maximum Gasteiger partial charge on any atom is 0.326 e. The highest BCUT2D eigenvalue weighted by atomic mass is 32.2. The SMILES string of the molecule is CSCC[C@H](NC(=O)c1ccc(NC(=O)[C@@H]2CSCN2)cc1-c1ccccc1)C(=O)O. The standard InChI is InChI=1S/C22H25N3O4S2/c1-30-10-9-18(22(28)29)25-20(26)16-8-7-15(24-21(27)19-12-31-13-23-19)11-17(16)14-5-3-2-4-6-14/h2-8,11,18-19,23H,9-10,12-13H2,1H3,(H,24,27)(H,25,26)(H,28,29)/t18-,19-/m0/s1. The quantitative estimate of drug-likeness (QED) is 0.457. The van der Waals surface area contributed by atoms with Gasteiger partial charge in [0.15, 0.2) is 0 Å². The summed E-state index contributed by atoms with van der Waals surface area (Å²) in [5.74, 6) is 0.442. The van der Waals surface area contributed by atoms with Crippen LogP contribution in [0.4, 0.5) is 5.69 Å². The van der Waals surface area contributed by atoms with Crippen LogP contribution in [-0.2, 0) is 9.59 Å². The fraction of sp³-hybridized carbons (Fsp3) is 0.318. The number of carbonyl (C=O) groups is 3. The maximum absolute atomic E-state index is 13.0. The molecule has 0 unspecified atom stereocenters. The van der Waals surface area contributed by atoms with Gasteiger partial charge in [0.05, 0.1) is 6.04 Å². The van der Waals surface area contributed by atoms with Crippen molar-refractivity contribution in [1.29, 1.82) is 0 Å². The van der Waals surface area contributed by atoms with Crippen LogP contribution in [0.1, 0.15) is 16.8 Å². The molecule has 1 fully saturated rings. The first-order valence-electron chi connectivity index (χ1n) is 9.83. The van der Waals surface area contributed by atoms with Crippen molar-refractivity contribution in [3.8, 4) is 11.1 Å². The summed E-state index contributed by atoms with van der Waals surface area (Å²) in [5.41, 5.74) is 2.36. The number of hydrogen-bond acceptors (Lipinski definition) is 6. The van der Waals surface area contributed by atoms with Crippen LogP contribution in [0.5, 0.6) is 0 Å². The van der Waals surface area contributed by atoms with Crippen LogP contribution < -0.4 is 16.0 Å². The van der Waals surface area contributed by atoms with Crippen LogP contribution in [0.2, 0.25) is 0 Å². The molecular weight excluding hydrogens is 434 g/mol. The molecule has 4 N–H and O–H groups in total. The molecule has 0 bridgehead atoms. The molecule has 0 saturated carbocycles. The smallest absolute Gasteiger partial charge is 0.326 e. The largest absolute Gasteiger partial charge is 0.480 e. The van der Waals surface area contributed by atoms with Crippen LogP contribution in [0.15, 0.2) is 48.5 Å². The van der Waals surface area contributed by atoms with Crippen LogP contribution in [0, 0.1) is 0 Å². The molecule has 0 radical (unpaired) electrons. The third kappa shape index (κ3) is 6.25. The van der Waals surface area contributed by atoms with Crippen LogP contribution in [0.25, 0.3) is 11.1 Å². The molecule has 9 heteroatoms. The number of amides is 2. The molecule has 0 aliphatic carbocycles. The van der Waals surface area contributed by atoms with Gasteiger partial charge in [-0.05, 0) is 47.8 Å². The zero-order valence-electron chi connectivity index (χ0n) is 17.1. The number of nitrogens with one attached hydrogen (secondary N) is 3. The van der Waals surface area contributed by atoms with Crippen molar-refractivity contribution < 1.29 is 19.5 Å². The van der Waals surface area contributed by atoms with Crippen molar-refractivity contribution >= 4 is 47.0 Å². The Bertz CT molecular complexity index is 934. The van der Waals surface area contributed by atoms with Gasteiger partial charge >= 0.3 is 5.97 Å². The van der Waals surface area contributed by atoms with Gasteiger partial charge in [0.2, 0.25) is 5.91 Å². The summed E-state index contributed by atoms with van der Waals surface area (Å²) < 4.78 is 0. The molecule has 0 aromatic heterocycles. The second-order valence-corrected chi connectivity index (χ2v) is 9.05. The van der Waals surface area contributed by atoms with Crippen molar-refractivity contribution in [3.63, 3.8) is 0 Å². The molecule has 7 nitrogen and oxygen atoms in total. The van der Waals surface area contributed by atoms with Gasteiger partial charge in [-0.2, -0.15) is 11.8 Å². The molecular formula is C22H25N3O4S2. The van der Waals surface area contributed by atoms with Gasteiger partial charge in [-0.1, -0.05) is 30.3 Å². The lowest BCUT2D eigenvalue weighted by atomic mass is 9.98. The molecule has 2 aromatic rings. The normalized spacial score (nSPS) is 16.5. The molecule has 3 rings (SSSR count). The summed E-state index contributed by atoms with van der Waals surface area (Å²) in [6, 6.07) is 13.2. The Morgan fingerprint density at radius 2 is 2.00 bits per heavy atom. The first-order valence-corrected chi connectivity index (χ1v) is 12.4. The molecule has 0 spiro atoms. The second kappa shape index (κ2) is 11.2. The average molecular weight is 460 g/mol. The lowest BCUT2D eigenvalue weighted by Gasteiger charge is -2.17. The van der Waals surface area contributed by atoms with E-state index in [1.807, 2.05) is 36.6 Å². The van der Waals surface area contributed by atoms with Crippen LogP contribution in [0.3, 0.4) is 0 Å². The number of anilines is 1. The highest BCUT2D eigenvalue weighted by molar-refractivity contribution is 7.99. The zero-order valence-corrected chi connectivity index (χ0v) is 18.7. The third-order valence-electron chi connectivity index (χ3n) is 4.86. The van der Waals surface area contributed by atoms with E-state index in [0.29, 0.717) is 34.7 Å². The number of carboxylic acid groups (broad SMARTS) is 1. The molecule has 2 atom stereocenters. The molecule has 1 aliphatic rings. The Labute approximate surface area is 189 Å². The lowest BCUT2D eigenvalue weighted by molar-refractivity contribution is -0.139. The van der Waals surface area contributed by atoms with Crippen molar-refractivity contribution in [2.45, 2.75) is 18.5 Å². The van der Waals surface area contributed by atoms with E-state index in [-0.39, 0.29) is 11.9 Å². The molecule has 1 saturated heterocycles. The lowest BCUT2D eigenvalue weighted by Crippen LogP contribution is -2.41. The van der Waals surface area contributed by atoms with E-state index in [1.54, 1.807) is 30.0 Å². The van der Waals surface area contributed by atoms with E-state index < -0.39 is 17.9 Å². The summed E-state index contributed by atoms with van der Waals surface area (Å²) in [6.45, 7) is 0. The second-order valence-electron chi connectivity index (χ2n) is 7.03. The van der Waals surface area contributed by atoms with Crippen LogP contribution in [-0.4, -0.2) is 58.6 Å². The molecule has 2 amide bonds. The predicted molar refractivity (Wildman–Crippen MR) is 127 cm³/mol. The Morgan fingerprint density at radius 3 is 2.65 bits per heavy atom. The Balaban J connectivity index is 1.87. The molecule has 1 heterocycles. The Hall–Kier alpha value is -2.49. The summed E-state index contributed by atoms with van der Waals surface area (Å²) in [5, 5.41) is 18.1. The zero-order chi connectivity index (χ0) is 22.2. The van der Waals surface area contributed by atoms with Gasteiger partial charge in [0.1, 0.15) is 6.04 Å². The van der Waals surface area contributed by atoms with Gasteiger partial charge in [0, 0.05) is 22.9 Å². The Kier molecular flexibility index (Phi) is 8.39. The fourth-order valence-electron chi connectivity index (χ4n) is 3.20. The topological polar surface area (TPSA) is 108 Å². The monoisotopic (exact) mass is 459 g/mol. The van der Waals surface area contributed by atoms with E-state index in [1.165, 1.54) is 11.8 Å². The van der Waals surface area contributed by atoms with Gasteiger partial charge in [-0.3, -0.25) is 14.9 Å². The van der Waals surface area contributed by atoms with Gasteiger partial charge < -0.3 is 15.7 Å². The first kappa shape index (κ1) is 23.2. The minimum atomic E-state index is -1.06. The Morgan fingerprint density at radius 1 is 1.23 bits per heavy atom. The number of carboxylic acids is 1. The van der Waals surface area contributed by atoms with E-state index in [2.05, 4.69) is 16.0 Å². The number of rotatable bonds is 9. The fourth-order valence-corrected chi connectivity index (χ4v) is 4.61. The highest BCUT2D eigenvalue weighted by Gasteiger charge is 2.24. The van der Waals surface area contributed by atoms with E-state index in [0.717, 1.165) is 11.4 Å². The molecule has 1 aliphatic heterocycles. The number of aliphatic carboxylic acids is 1. The summed E-state index contributed by atoms with van der Waals surface area (Å²) in [6.07, 6.45) is 2.23.